The molecule has 152 valence electrons. The van der Waals surface area contributed by atoms with E-state index in [0.717, 1.165) is 32.1 Å². The van der Waals surface area contributed by atoms with Crippen LogP contribution < -0.4 is 0 Å². The Kier molecular flexibility index (Phi) is 8.18. The van der Waals surface area contributed by atoms with Gasteiger partial charge in [0.05, 0.1) is 13.2 Å². The summed E-state index contributed by atoms with van der Waals surface area (Å²) in [4.78, 5) is 11.2. The van der Waals surface area contributed by atoms with E-state index in [0.29, 0.717) is 18.8 Å². The quantitative estimate of drug-likeness (QED) is 0.356. The highest BCUT2D eigenvalue weighted by atomic mass is 35.5. The Bertz CT molecular complexity index is 591. The highest BCUT2D eigenvalue weighted by Crippen LogP contribution is 2.45. The van der Waals surface area contributed by atoms with E-state index >= 15 is 0 Å². The number of rotatable bonds is 8. The first-order valence-corrected chi connectivity index (χ1v) is 10.7. The number of hydrogen-bond acceptors (Lipinski definition) is 3. The van der Waals surface area contributed by atoms with Crippen molar-refractivity contribution in [1.29, 1.82) is 0 Å². The van der Waals surface area contributed by atoms with Crippen LogP contribution in [0.4, 0.5) is 0 Å². The Labute approximate surface area is 169 Å². The van der Waals surface area contributed by atoms with E-state index < -0.39 is 0 Å². The molecule has 1 saturated carbocycles. The highest BCUT2D eigenvalue weighted by molar-refractivity contribution is 6.21. The van der Waals surface area contributed by atoms with Gasteiger partial charge in [-0.1, -0.05) is 64.3 Å². The predicted octanol–water partition coefficient (Wildman–Crippen LogP) is 5.57. The number of hydrogen-bond donors (Lipinski definition) is 1. The largest absolute Gasteiger partial charge is 0.469 e. The van der Waals surface area contributed by atoms with E-state index in [4.69, 9.17) is 11.6 Å². The summed E-state index contributed by atoms with van der Waals surface area (Å²) in [6.45, 7) is 6.64. The number of carbonyl (C=O) groups is 1. The van der Waals surface area contributed by atoms with E-state index in [2.05, 4.69) is 49.8 Å². The number of aliphatic hydroxyl groups is 1. The number of esters is 1. The van der Waals surface area contributed by atoms with Crippen LogP contribution in [0.2, 0.25) is 0 Å². The van der Waals surface area contributed by atoms with Gasteiger partial charge in [0.25, 0.3) is 0 Å². The first-order chi connectivity index (χ1) is 12.7. The van der Waals surface area contributed by atoms with Crippen LogP contribution in [0.1, 0.15) is 82.8 Å². The lowest BCUT2D eigenvalue weighted by Crippen LogP contribution is -2.19. The minimum atomic E-state index is -0.364. The minimum Gasteiger partial charge on any atom is -0.469 e. The van der Waals surface area contributed by atoms with Gasteiger partial charge in [0.1, 0.15) is 0 Å². The number of methoxy groups -OCH3 is 1. The van der Waals surface area contributed by atoms with Gasteiger partial charge < -0.3 is 9.84 Å². The third-order valence-corrected chi connectivity index (χ3v) is 6.37. The molecule has 0 bridgehead atoms. The van der Waals surface area contributed by atoms with Crippen LogP contribution in [-0.4, -0.2) is 29.7 Å². The van der Waals surface area contributed by atoms with Gasteiger partial charge >= 0.3 is 5.97 Å². The van der Waals surface area contributed by atoms with E-state index in [1.54, 1.807) is 0 Å². The van der Waals surface area contributed by atoms with Gasteiger partial charge in [-0.15, -0.1) is 11.6 Å². The van der Waals surface area contributed by atoms with E-state index in [-0.39, 0.29) is 28.8 Å². The molecular weight excluding hydrogens is 360 g/mol. The van der Waals surface area contributed by atoms with Crippen LogP contribution in [0.3, 0.4) is 0 Å². The third kappa shape index (κ3) is 6.22. The molecule has 1 aliphatic carbocycles. The lowest BCUT2D eigenvalue weighted by atomic mass is 9.81. The second kappa shape index (κ2) is 9.93. The molecule has 0 heterocycles. The second-order valence-corrected chi connectivity index (χ2v) is 9.47. The molecule has 0 aromatic heterocycles. The number of halogens is 1. The third-order valence-electron chi connectivity index (χ3n) is 5.86. The second-order valence-electron chi connectivity index (χ2n) is 8.91. The summed E-state index contributed by atoms with van der Waals surface area (Å²) in [5.74, 6) is 0.299. The lowest BCUT2D eigenvalue weighted by Gasteiger charge is -2.25. The molecule has 1 fully saturated rings. The Balaban J connectivity index is 1.91. The Morgan fingerprint density at radius 3 is 2.37 bits per heavy atom. The van der Waals surface area contributed by atoms with Crippen LogP contribution in [0, 0.1) is 5.92 Å². The summed E-state index contributed by atoms with van der Waals surface area (Å²) in [5, 5.41) is 10.6. The molecular formula is C23H35ClO3. The lowest BCUT2D eigenvalue weighted by molar-refractivity contribution is -0.140. The summed E-state index contributed by atoms with van der Waals surface area (Å²) in [6.07, 6.45) is 5.90. The van der Waals surface area contributed by atoms with Gasteiger partial charge in [-0.25, -0.2) is 0 Å². The number of ether oxygens (including phenoxy) is 1. The monoisotopic (exact) mass is 394 g/mol. The molecule has 0 unspecified atom stereocenters. The SMILES string of the molecule is COC(=O)CCCCCC[C@@H]1[C@@H](c2ccc(C(C)(C)C)cc2)[C@H](O)C[C@@H]1Cl. The normalized spacial score (nSPS) is 25.6. The standard InChI is InChI=1S/C23H35ClO3/c1-23(2,3)17-13-11-16(12-14-17)22-18(19(24)15-20(22)25)9-7-5-6-8-10-21(26)27-4/h11-14,18-20,22,25H,5-10,15H2,1-4H3/t18-,19-,20+,22+/m0/s1. The molecule has 4 heteroatoms. The van der Waals surface area contributed by atoms with Gasteiger partial charge in [0, 0.05) is 17.7 Å². The van der Waals surface area contributed by atoms with Crippen LogP contribution in [0.25, 0.3) is 0 Å². The number of aliphatic hydroxyl groups excluding tert-OH is 1. The molecule has 0 saturated heterocycles. The molecule has 1 aliphatic rings. The highest BCUT2D eigenvalue weighted by Gasteiger charge is 2.41. The van der Waals surface area contributed by atoms with E-state index in [9.17, 15) is 9.90 Å². The molecule has 0 amide bonds. The topological polar surface area (TPSA) is 46.5 Å². The Morgan fingerprint density at radius 2 is 1.78 bits per heavy atom. The summed E-state index contributed by atoms with van der Waals surface area (Å²) in [7, 11) is 1.43. The van der Waals surface area contributed by atoms with Crippen molar-refractivity contribution >= 4 is 17.6 Å². The molecule has 1 N–H and O–H groups in total. The van der Waals surface area contributed by atoms with Crippen molar-refractivity contribution in [2.45, 2.75) is 88.5 Å². The van der Waals surface area contributed by atoms with Gasteiger partial charge in [-0.2, -0.15) is 0 Å². The smallest absolute Gasteiger partial charge is 0.305 e. The van der Waals surface area contributed by atoms with Crippen LogP contribution >= 0.6 is 11.6 Å². The van der Waals surface area contributed by atoms with Gasteiger partial charge in [-0.05, 0) is 41.7 Å². The van der Waals surface area contributed by atoms with Crippen molar-refractivity contribution in [1.82, 2.24) is 0 Å². The molecule has 27 heavy (non-hydrogen) atoms. The maximum absolute atomic E-state index is 11.2. The Hall–Kier alpha value is -1.06. The molecule has 2 rings (SSSR count). The van der Waals surface area contributed by atoms with Crippen molar-refractivity contribution in [2.24, 2.45) is 5.92 Å². The van der Waals surface area contributed by atoms with Crippen molar-refractivity contribution in [2.75, 3.05) is 7.11 Å². The maximum atomic E-state index is 11.2. The molecule has 0 aliphatic heterocycles. The molecule has 3 nitrogen and oxygen atoms in total. The summed E-state index contributed by atoms with van der Waals surface area (Å²) in [5.41, 5.74) is 2.64. The first-order valence-electron chi connectivity index (χ1n) is 10.2. The first kappa shape index (κ1) is 22.2. The van der Waals surface area contributed by atoms with Crippen LogP contribution in [-0.2, 0) is 14.9 Å². The molecule has 4 atom stereocenters. The zero-order chi connectivity index (χ0) is 20.0. The zero-order valence-corrected chi connectivity index (χ0v) is 18.0. The van der Waals surface area contributed by atoms with Crippen LogP contribution in [0.15, 0.2) is 24.3 Å². The number of carbonyl (C=O) groups excluding carboxylic acids is 1. The minimum absolute atomic E-state index is 0.0300. The number of unbranched alkanes of at least 4 members (excludes halogenated alkanes) is 3. The number of alkyl halides is 1. The summed E-state index contributed by atoms with van der Waals surface area (Å²) in [6, 6.07) is 8.72. The van der Waals surface area contributed by atoms with Gasteiger partial charge in [0.15, 0.2) is 0 Å². The molecule has 0 spiro atoms. The van der Waals surface area contributed by atoms with Gasteiger partial charge in [0.2, 0.25) is 0 Å². The summed E-state index contributed by atoms with van der Waals surface area (Å²) >= 11 is 6.60. The summed E-state index contributed by atoms with van der Waals surface area (Å²) < 4.78 is 4.67. The van der Waals surface area contributed by atoms with Crippen molar-refractivity contribution in [3.63, 3.8) is 0 Å². The Morgan fingerprint density at radius 1 is 1.15 bits per heavy atom. The number of benzene rings is 1. The fourth-order valence-corrected chi connectivity index (χ4v) is 4.67. The fourth-order valence-electron chi connectivity index (χ4n) is 4.20. The average molecular weight is 395 g/mol. The molecule has 0 radical (unpaired) electrons. The molecule has 1 aromatic carbocycles. The van der Waals surface area contributed by atoms with Gasteiger partial charge in [-0.3, -0.25) is 4.79 Å². The maximum Gasteiger partial charge on any atom is 0.305 e. The van der Waals surface area contributed by atoms with E-state index in [1.165, 1.54) is 18.2 Å². The van der Waals surface area contributed by atoms with Crippen molar-refractivity contribution in [3.05, 3.63) is 35.4 Å². The van der Waals surface area contributed by atoms with Crippen molar-refractivity contribution in [3.8, 4) is 0 Å². The van der Waals surface area contributed by atoms with E-state index in [1.807, 2.05) is 0 Å². The predicted molar refractivity (Wildman–Crippen MR) is 111 cm³/mol. The average Bonchev–Trinajstić information content (AvgIpc) is 2.90. The fraction of sp³-hybridized carbons (Fsp3) is 0.696. The molecule has 1 aromatic rings. The zero-order valence-electron chi connectivity index (χ0n) is 17.2. The van der Waals surface area contributed by atoms with Crippen LogP contribution in [0.5, 0.6) is 0 Å². The van der Waals surface area contributed by atoms with Crippen molar-refractivity contribution < 1.29 is 14.6 Å².